The van der Waals surface area contributed by atoms with Crippen molar-refractivity contribution in [1.82, 2.24) is 5.32 Å². The van der Waals surface area contributed by atoms with E-state index in [1.807, 2.05) is 0 Å². The summed E-state index contributed by atoms with van der Waals surface area (Å²) >= 11 is 0. The van der Waals surface area contributed by atoms with Crippen LogP contribution in [-0.4, -0.2) is 31.9 Å². The van der Waals surface area contributed by atoms with E-state index in [2.05, 4.69) is 29.6 Å². The Balaban J connectivity index is 1.52. The van der Waals surface area contributed by atoms with Gasteiger partial charge in [-0.3, -0.25) is 0 Å². The quantitative estimate of drug-likeness (QED) is 0.903. The highest BCUT2D eigenvalue weighted by Crippen LogP contribution is 2.19. The molecule has 3 heteroatoms. The van der Waals surface area contributed by atoms with Crippen molar-refractivity contribution < 1.29 is 9.47 Å². The molecule has 2 aliphatic heterocycles. The molecular formula is C16H23NO2. The molecule has 0 aromatic heterocycles. The number of rotatable bonds is 4. The Bertz CT molecular complexity index is 378. The van der Waals surface area contributed by atoms with Crippen LogP contribution in [0.5, 0.6) is 5.75 Å². The molecule has 0 saturated carbocycles. The average Bonchev–Trinajstić information content (AvgIpc) is 2.95. The van der Waals surface area contributed by atoms with Gasteiger partial charge in [0.15, 0.2) is 0 Å². The van der Waals surface area contributed by atoms with Gasteiger partial charge in [-0.25, -0.2) is 0 Å². The fourth-order valence-electron chi connectivity index (χ4n) is 2.92. The van der Waals surface area contributed by atoms with Gasteiger partial charge in [-0.15, -0.1) is 0 Å². The van der Waals surface area contributed by atoms with E-state index >= 15 is 0 Å². The molecule has 104 valence electrons. The van der Waals surface area contributed by atoms with E-state index in [0.29, 0.717) is 6.04 Å². The zero-order valence-corrected chi connectivity index (χ0v) is 11.4. The standard InChI is InChI=1S/C16H23NO2/c1-3-14(17-9-1)11-13-5-7-15(8-6-13)19-16-4-2-10-18-12-16/h5-8,14,16-17H,1-4,9-12H2. The predicted octanol–water partition coefficient (Wildman–Crippen LogP) is 2.54. The van der Waals surface area contributed by atoms with Crippen LogP contribution < -0.4 is 10.1 Å². The Labute approximate surface area is 115 Å². The number of hydrogen-bond donors (Lipinski definition) is 1. The minimum absolute atomic E-state index is 0.232. The zero-order valence-electron chi connectivity index (χ0n) is 11.4. The molecule has 0 aliphatic carbocycles. The minimum Gasteiger partial charge on any atom is -0.488 e. The number of nitrogens with one attached hydrogen (secondary N) is 1. The maximum atomic E-state index is 5.94. The molecule has 3 rings (SSSR count). The molecule has 2 saturated heterocycles. The topological polar surface area (TPSA) is 30.5 Å². The smallest absolute Gasteiger partial charge is 0.122 e. The van der Waals surface area contributed by atoms with Gasteiger partial charge in [0, 0.05) is 12.6 Å². The van der Waals surface area contributed by atoms with Crippen molar-refractivity contribution in [2.45, 2.75) is 44.2 Å². The van der Waals surface area contributed by atoms with Gasteiger partial charge in [-0.1, -0.05) is 12.1 Å². The second-order valence-corrected chi connectivity index (χ2v) is 5.60. The molecule has 2 heterocycles. The first-order valence-corrected chi connectivity index (χ1v) is 7.47. The van der Waals surface area contributed by atoms with Crippen molar-refractivity contribution in [1.29, 1.82) is 0 Å². The fraction of sp³-hybridized carbons (Fsp3) is 0.625. The minimum atomic E-state index is 0.232. The van der Waals surface area contributed by atoms with Crippen molar-refractivity contribution in [3.05, 3.63) is 29.8 Å². The lowest BCUT2D eigenvalue weighted by molar-refractivity contribution is 0.00742. The third kappa shape index (κ3) is 3.71. The lowest BCUT2D eigenvalue weighted by Gasteiger charge is -2.23. The van der Waals surface area contributed by atoms with Crippen LogP contribution in [0.15, 0.2) is 24.3 Å². The second kappa shape index (κ2) is 6.40. The van der Waals surface area contributed by atoms with Gasteiger partial charge >= 0.3 is 0 Å². The van der Waals surface area contributed by atoms with E-state index in [-0.39, 0.29) is 6.10 Å². The number of ether oxygens (including phenoxy) is 2. The third-order valence-electron chi connectivity index (χ3n) is 3.99. The molecule has 3 nitrogen and oxygen atoms in total. The lowest BCUT2D eigenvalue weighted by atomic mass is 10.0. The van der Waals surface area contributed by atoms with Gasteiger partial charge in [0.2, 0.25) is 0 Å². The maximum absolute atomic E-state index is 5.94. The van der Waals surface area contributed by atoms with Gasteiger partial charge in [0.25, 0.3) is 0 Å². The van der Waals surface area contributed by atoms with Gasteiger partial charge in [0.05, 0.1) is 6.61 Å². The van der Waals surface area contributed by atoms with Crippen LogP contribution in [0.25, 0.3) is 0 Å². The van der Waals surface area contributed by atoms with Gasteiger partial charge in [-0.05, 0) is 56.3 Å². The van der Waals surface area contributed by atoms with Crippen LogP contribution in [0.2, 0.25) is 0 Å². The van der Waals surface area contributed by atoms with Crippen molar-refractivity contribution in [3.8, 4) is 5.75 Å². The summed E-state index contributed by atoms with van der Waals surface area (Å²) in [6.07, 6.45) is 6.19. The monoisotopic (exact) mass is 261 g/mol. The summed E-state index contributed by atoms with van der Waals surface area (Å²) in [6.45, 7) is 2.79. The largest absolute Gasteiger partial charge is 0.488 e. The van der Waals surface area contributed by atoms with E-state index in [1.54, 1.807) is 0 Å². The van der Waals surface area contributed by atoms with E-state index in [1.165, 1.54) is 24.9 Å². The summed E-state index contributed by atoms with van der Waals surface area (Å²) < 4.78 is 11.4. The summed E-state index contributed by atoms with van der Waals surface area (Å²) in [7, 11) is 0. The van der Waals surface area contributed by atoms with Crippen LogP contribution in [0.3, 0.4) is 0 Å². The molecule has 0 radical (unpaired) electrons. The molecule has 1 N–H and O–H groups in total. The molecule has 0 bridgehead atoms. The maximum Gasteiger partial charge on any atom is 0.122 e. The Morgan fingerprint density at radius 1 is 1.16 bits per heavy atom. The molecule has 2 aliphatic rings. The van der Waals surface area contributed by atoms with Crippen molar-refractivity contribution >= 4 is 0 Å². The second-order valence-electron chi connectivity index (χ2n) is 5.60. The van der Waals surface area contributed by atoms with Crippen molar-refractivity contribution in [2.24, 2.45) is 0 Å². The van der Waals surface area contributed by atoms with E-state index in [0.717, 1.165) is 38.2 Å². The average molecular weight is 261 g/mol. The summed E-state index contributed by atoms with van der Waals surface area (Å²) in [5, 5.41) is 3.54. The molecule has 2 unspecified atom stereocenters. The molecule has 19 heavy (non-hydrogen) atoms. The Morgan fingerprint density at radius 2 is 2.05 bits per heavy atom. The van der Waals surface area contributed by atoms with Crippen LogP contribution in [0.4, 0.5) is 0 Å². The zero-order chi connectivity index (χ0) is 12.9. The van der Waals surface area contributed by atoms with Crippen LogP contribution >= 0.6 is 0 Å². The van der Waals surface area contributed by atoms with Gasteiger partial charge < -0.3 is 14.8 Å². The Hall–Kier alpha value is -1.06. The van der Waals surface area contributed by atoms with Crippen molar-refractivity contribution in [3.63, 3.8) is 0 Å². The Morgan fingerprint density at radius 3 is 2.74 bits per heavy atom. The van der Waals surface area contributed by atoms with E-state index < -0.39 is 0 Å². The first-order chi connectivity index (χ1) is 9.40. The Kier molecular flexibility index (Phi) is 4.36. The van der Waals surface area contributed by atoms with Crippen LogP contribution in [0, 0.1) is 0 Å². The first-order valence-electron chi connectivity index (χ1n) is 7.47. The van der Waals surface area contributed by atoms with Crippen LogP contribution in [-0.2, 0) is 11.2 Å². The predicted molar refractivity (Wildman–Crippen MR) is 75.6 cm³/mol. The first kappa shape index (κ1) is 12.9. The van der Waals surface area contributed by atoms with Gasteiger partial charge in [-0.2, -0.15) is 0 Å². The molecular weight excluding hydrogens is 238 g/mol. The summed E-state index contributed by atoms with van der Waals surface area (Å²) in [5.74, 6) is 0.971. The lowest BCUT2D eigenvalue weighted by Crippen LogP contribution is -2.28. The molecule has 0 amide bonds. The molecule has 2 atom stereocenters. The number of hydrogen-bond acceptors (Lipinski definition) is 3. The highest BCUT2D eigenvalue weighted by atomic mass is 16.5. The molecule has 2 fully saturated rings. The normalized spacial score (nSPS) is 27.4. The summed E-state index contributed by atoms with van der Waals surface area (Å²) in [4.78, 5) is 0. The van der Waals surface area contributed by atoms with E-state index in [9.17, 15) is 0 Å². The van der Waals surface area contributed by atoms with Gasteiger partial charge in [0.1, 0.15) is 11.9 Å². The molecule has 0 spiro atoms. The third-order valence-corrected chi connectivity index (χ3v) is 3.99. The van der Waals surface area contributed by atoms with E-state index in [4.69, 9.17) is 9.47 Å². The fourth-order valence-corrected chi connectivity index (χ4v) is 2.92. The van der Waals surface area contributed by atoms with Crippen LogP contribution in [0.1, 0.15) is 31.2 Å². The van der Waals surface area contributed by atoms with Crippen molar-refractivity contribution in [2.75, 3.05) is 19.8 Å². The highest BCUT2D eigenvalue weighted by molar-refractivity contribution is 5.28. The molecule has 1 aromatic rings. The SMILES string of the molecule is c1cc(OC2CCCOC2)ccc1CC1CCCN1. The highest BCUT2D eigenvalue weighted by Gasteiger charge is 2.16. The summed E-state index contributed by atoms with van der Waals surface area (Å²) in [5.41, 5.74) is 1.40. The number of benzene rings is 1. The molecule has 1 aromatic carbocycles. The summed E-state index contributed by atoms with van der Waals surface area (Å²) in [6, 6.07) is 9.24.